The number of urea groups is 1. The number of carbonyl (C=O) groups is 1. The van der Waals surface area contributed by atoms with Gasteiger partial charge in [-0.05, 0) is 24.5 Å². The van der Waals surface area contributed by atoms with Crippen LogP contribution in [-0.4, -0.2) is 49.8 Å². The second-order valence-electron chi connectivity index (χ2n) is 6.30. The van der Waals surface area contributed by atoms with Crippen LogP contribution in [0, 0.1) is 12.8 Å². The quantitative estimate of drug-likeness (QED) is 0.878. The lowest BCUT2D eigenvalue weighted by molar-refractivity contribution is -0.0288. The van der Waals surface area contributed by atoms with Gasteiger partial charge >= 0.3 is 6.03 Å². The number of ether oxygens (including phenoxy) is 1. The molecule has 5 nitrogen and oxygen atoms in total. The van der Waals surface area contributed by atoms with Gasteiger partial charge < -0.3 is 15.4 Å². The highest BCUT2D eigenvalue weighted by Gasteiger charge is 2.21. The number of anilines is 1. The first-order valence-electron chi connectivity index (χ1n) is 7.99. The van der Waals surface area contributed by atoms with E-state index in [1.54, 1.807) is 0 Å². The van der Waals surface area contributed by atoms with Crippen LogP contribution in [0.15, 0.2) is 24.3 Å². The van der Waals surface area contributed by atoms with E-state index in [0.29, 0.717) is 12.5 Å². The van der Waals surface area contributed by atoms with Gasteiger partial charge in [-0.25, -0.2) is 4.79 Å². The number of carbonyl (C=O) groups excluding carboxylic acids is 1. The fourth-order valence-corrected chi connectivity index (χ4v) is 2.67. The van der Waals surface area contributed by atoms with E-state index in [-0.39, 0.29) is 12.1 Å². The van der Waals surface area contributed by atoms with Crippen molar-refractivity contribution in [1.29, 1.82) is 0 Å². The summed E-state index contributed by atoms with van der Waals surface area (Å²) in [6.07, 6.45) is 0.0649. The number of hydrogen-bond acceptors (Lipinski definition) is 3. The lowest BCUT2D eigenvalue weighted by Gasteiger charge is -2.33. The molecule has 5 heteroatoms. The summed E-state index contributed by atoms with van der Waals surface area (Å²) >= 11 is 0. The van der Waals surface area contributed by atoms with Crippen LogP contribution < -0.4 is 10.6 Å². The Balaban J connectivity index is 1.75. The molecule has 1 heterocycles. The summed E-state index contributed by atoms with van der Waals surface area (Å²) in [6.45, 7) is 10.6. The van der Waals surface area contributed by atoms with Crippen molar-refractivity contribution in [2.75, 3.05) is 38.1 Å². The van der Waals surface area contributed by atoms with Crippen LogP contribution in [0.4, 0.5) is 10.5 Å². The van der Waals surface area contributed by atoms with Crippen molar-refractivity contribution in [3.63, 3.8) is 0 Å². The zero-order chi connectivity index (χ0) is 15.9. The molecule has 2 amide bonds. The molecule has 0 bridgehead atoms. The predicted octanol–water partition coefficient (Wildman–Crippen LogP) is 2.47. The van der Waals surface area contributed by atoms with Crippen LogP contribution in [0.25, 0.3) is 0 Å². The molecule has 122 valence electrons. The molecule has 1 aromatic carbocycles. The third-order valence-electron chi connectivity index (χ3n) is 3.73. The van der Waals surface area contributed by atoms with Gasteiger partial charge in [-0.3, -0.25) is 4.90 Å². The number of nitrogens with zero attached hydrogens (tertiary/aromatic N) is 1. The Bertz CT molecular complexity index is 491. The van der Waals surface area contributed by atoms with Crippen molar-refractivity contribution in [2.45, 2.75) is 26.9 Å². The molecule has 1 aliphatic rings. The summed E-state index contributed by atoms with van der Waals surface area (Å²) in [5.41, 5.74) is 1.89. The molecule has 2 N–H and O–H groups in total. The van der Waals surface area contributed by atoms with Crippen molar-refractivity contribution in [1.82, 2.24) is 10.2 Å². The smallest absolute Gasteiger partial charge is 0.319 e. The second kappa shape index (κ2) is 8.15. The van der Waals surface area contributed by atoms with E-state index >= 15 is 0 Å². The molecule has 2 rings (SSSR count). The van der Waals surface area contributed by atoms with Gasteiger partial charge in [0.2, 0.25) is 0 Å². The summed E-state index contributed by atoms with van der Waals surface area (Å²) in [5, 5.41) is 5.77. The maximum Gasteiger partial charge on any atom is 0.319 e. The number of hydrogen-bond donors (Lipinski definition) is 2. The van der Waals surface area contributed by atoms with Gasteiger partial charge in [0, 0.05) is 31.9 Å². The lowest BCUT2D eigenvalue weighted by atomic mass is 10.2. The SMILES string of the molecule is Cc1ccccc1NC(=O)NCC1CN(CC(C)C)CCO1. The molecule has 22 heavy (non-hydrogen) atoms. The third-order valence-corrected chi connectivity index (χ3v) is 3.73. The zero-order valence-corrected chi connectivity index (χ0v) is 13.8. The van der Waals surface area contributed by atoms with Gasteiger partial charge in [0.1, 0.15) is 0 Å². The monoisotopic (exact) mass is 305 g/mol. The van der Waals surface area contributed by atoms with Crippen molar-refractivity contribution < 1.29 is 9.53 Å². The summed E-state index contributed by atoms with van der Waals surface area (Å²) < 4.78 is 5.73. The number of aryl methyl sites for hydroxylation is 1. The number of para-hydroxylation sites is 1. The third kappa shape index (κ3) is 5.31. The van der Waals surface area contributed by atoms with E-state index in [2.05, 4.69) is 29.4 Å². The molecular formula is C17H27N3O2. The number of amides is 2. The summed E-state index contributed by atoms with van der Waals surface area (Å²) in [6, 6.07) is 7.56. The lowest BCUT2D eigenvalue weighted by Crippen LogP contribution is -2.48. The Labute approximate surface area is 133 Å². The first-order valence-corrected chi connectivity index (χ1v) is 7.99. The van der Waals surface area contributed by atoms with Crippen LogP contribution in [0.3, 0.4) is 0 Å². The van der Waals surface area contributed by atoms with Gasteiger partial charge in [-0.2, -0.15) is 0 Å². The van der Waals surface area contributed by atoms with Crippen molar-refractivity contribution >= 4 is 11.7 Å². The van der Waals surface area contributed by atoms with Crippen LogP contribution in [0.2, 0.25) is 0 Å². The first-order chi connectivity index (χ1) is 10.5. The molecule has 1 aliphatic heterocycles. The van der Waals surface area contributed by atoms with E-state index in [9.17, 15) is 4.79 Å². The highest BCUT2D eigenvalue weighted by Crippen LogP contribution is 2.13. The largest absolute Gasteiger partial charge is 0.374 e. The standard InChI is InChI=1S/C17H27N3O2/c1-13(2)11-20-8-9-22-15(12-20)10-18-17(21)19-16-7-5-4-6-14(16)3/h4-7,13,15H,8-12H2,1-3H3,(H2,18,19,21). The Morgan fingerprint density at radius 2 is 2.18 bits per heavy atom. The van der Waals surface area contributed by atoms with Gasteiger partial charge in [0.05, 0.1) is 12.7 Å². The number of nitrogens with one attached hydrogen (secondary N) is 2. The van der Waals surface area contributed by atoms with E-state index < -0.39 is 0 Å². The molecule has 1 atom stereocenters. The number of benzene rings is 1. The molecule has 1 saturated heterocycles. The van der Waals surface area contributed by atoms with Crippen LogP contribution in [0.5, 0.6) is 0 Å². The maximum atomic E-state index is 12.0. The zero-order valence-electron chi connectivity index (χ0n) is 13.8. The molecule has 1 aromatic rings. The number of rotatable bonds is 5. The normalized spacial score (nSPS) is 19.2. The highest BCUT2D eigenvalue weighted by molar-refractivity contribution is 5.90. The van der Waals surface area contributed by atoms with E-state index in [1.807, 2.05) is 31.2 Å². The maximum absolute atomic E-state index is 12.0. The Morgan fingerprint density at radius 1 is 1.41 bits per heavy atom. The number of morpholine rings is 1. The Morgan fingerprint density at radius 3 is 2.91 bits per heavy atom. The van der Waals surface area contributed by atoms with Crippen molar-refractivity contribution in [2.24, 2.45) is 5.92 Å². The van der Waals surface area contributed by atoms with Crippen LogP contribution >= 0.6 is 0 Å². The van der Waals surface area contributed by atoms with Crippen LogP contribution in [-0.2, 0) is 4.74 Å². The summed E-state index contributed by atoms with van der Waals surface area (Å²) in [5.74, 6) is 0.649. The van der Waals surface area contributed by atoms with Gasteiger partial charge in [0.25, 0.3) is 0 Å². The van der Waals surface area contributed by atoms with Gasteiger partial charge in [-0.15, -0.1) is 0 Å². The molecule has 0 aliphatic carbocycles. The van der Waals surface area contributed by atoms with Gasteiger partial charge in [0.15, 0.2) is 0 Å². The Hall–Kier alpha value is -1.59. The molecule has 0 radical (unpaired) electrons. The molecular weight excluding hydrogens is 278 g/mol. The molecule has 1 unspecified atom stereocenters. The molecule has 0 aromatic heterocycles. The minimum Gasteiger partial charge on any atom is -0.374 e. The summed E-state index contributed by atoms with van der Waals surface area (Å²) in [7, 11) is 0. The average Bonchev–Trinajstić information content (AvgIpc) is 2.47. The van der Waals surface area contributed by atoms with E-state index in [0.717, 1.165) is 37.5 Å². The summed E-state index contributed by atoms with van der Waals surface area (Å²) in [4.78, 5) is 14.4. The fraction of sp³-hybridized carbons (Fsp3) is 0.588. The topological polar surface area (TPSA) is 53.6 Å². The van der Waals surface area contributed by atoms with Crippen LogP contribution in [0.1, 0.15) is 19.4 Å². The first kappa shape index (κ1) is 16.8. The molecule has 0 saturated carbocycles. The minimum absolute atomic E-state index is 0.0649. The minimum atomic E-state index is -0.182. The van der Waals surface area contributed by atoms with Crippen molar-refractivity contribution in [3.05, 3.63) is 29.8 Å². The predicted molar refractivity (Wildman–Crippen MR) is 89.2 cm³/mol. The molecule has 1 fully saturated rings. The fourth-order valence-electron chi connectivity index (χ4n) is 2.67. The Kier molecular flexibility index (Phi) is 6.21. The average molecular weight is 305 g/mol. The van der Waals surface area contributed by atoms with E-state index in [1.165, 1.54) is 0 Å². The highest BCUT2D eigenvalue weighted by atomic mass is 16.5. The van der Waals surface area contributed by atoms with Crippen molar-refractivity contribution in [3.8, 4) is 0 Å². The second-order valence-corrected chi connectivity index (χ2v) is 6.30. The molecule has 0 spiro atoms. The van der Waals surface area contributed by atoms with E-state index in [4.69, 9.17) is 4.74 Å². The van der Waals surface area contributed by atoms with Gasteiger partial charge in [-0.1, -0.05) is 32.0 Å².